The highest BCUT2D eigenvalue weighted by atomic mass is 15.4. The van der Waals surface area contributed by atoms with Crippen molar-refractivity contribution in [3.63, 3.8) is 0 Å². The first kappa shape index (κ1) is 13.5. The second kappa shape index (κ2) is 6.26. The van der Waals surface area contributed by atoms with Crippen molar-refractivity contribution in [2.45, 2.75) is 27.2 Å². The fraction of sp³-hybridized carbons (Fsp3) is 0.333. The summed E-state index contributed by atoms with van der Waals surface area (Å²) in [6.45, 7) is 6.40. The van der Waals surface area contributed by atoms with E-state index < -0.39 is 0 Å². The van der Waals surface area contributed by atoms with E-state index in [0.29, 0.717) is 0 Å². The van der Waals surface area contributed by atoms with Crippen LogP contribution in [-0.2, 0) is 0 Å². The van der Waals surface area contributed by atoms with Crippen LogP contribution in [0.5, 0.6) is 0 Å². The van der Waals surface area contributed by atoms with Crippen LogP contribution in [0.3, 0.4) is 0 Å². The molecule has 0 aliphatic heterocycles. The van der Waals surface area contributed by atoms with Crippen LogP contribution in [0.1, 0.15) is 32.8 Å². The number of allylic oxidation sites excluding steroid dienone is 3. The predicted molar refractivity (Wildman–Crippen MR) is 75.0 cm³/mol. The lowest BCUT2D eigenvalue weighted by atomic mass is 10.0. The van der Waals surface area contributed by atoms with Crippen molar-refractivity contribution in [2.75, 3.05) is 7.05 Å². The lowest BCUT2D eigenvalue weighted by Gasteiger charge is -2.19. The summed E-state index contributed by atoms with van der Waals surface area (Å²) >= 11 is 0. The van der Waals surface area contributed by atoms with Gasteiger partial charge in [0.05, 0.1) is 5.70 Å². The van der Waals surface area contributed by atoms with Gasteiger partial charge < -0.3 is 5.01 Å². The van der Waals surface area contributed by atoms with Gasteiger partial charge in [-0.15, -0.1) is 0 Å². The number of hydrogen-bond acceptors (Lipinski definition) is 2. The van der Waals surface area contributed by atoms with Crippen LogP contribution in [0.25, 0.3) is 5.70 Å². The van der Waals surface area contributed by atoms with Crippen LogP contribution < -0.4 is 5.84 Å². The number of nitrogens with two attached hydrogens (primary N) is 1. The standard InChI is InChI=1S/C15H22N2/c1-5-12(2)11-13(3)15(17(4)16)14-9-7-6-8-10-14/h6-11H,5,16H2,1-4H3/b12-11-,15-13-. The van der Waals surface area contributed by atoms with Gasteiger partial charge in [-0.3, -0.25) is 0 Å². The summed E-state index contributed by atoms with van der Waals surface area (Å²) in [7, 11) is 1.88. The van der Waals surface area contributed by atoms with E-state index in [-0.39, 0.29) is 0 Å². The summed E-state index contributed by atoms with van der Waals surface area (Å²) in [6.07, 6.45) is 3.26. The van der Waals surface area contributed by atoms with Gasteiger partial charge in [0, 0.05) is 7.05 Å². The molecule has 0 radical (unpaired) electrons. The van der Waals surface area contributed by atoms with Crippen LogP contribution in [0.4, 0.5) is 0 Å². The molecule has 0 aliphatic rings. The molecule has 0 unspecified atom stereocenters. The van der Waals surface area contributed by atoms with E-state index in [9.17, 15) is 0 Å². The summed E-state index contributed by atoms with van der Waals surface area (Å²) in [5.41, 5.74) is 4.77. The van der Waals surface area contributed by atoms with E-state index in [1.807, 2.05) is 25.2 Å². The molecule has 2 nitrogen and oxygen atoms in total. The zero-order valence-electron chi connectivity index (χ0n) is 11.2. The van der Waals surface area contributed by atoms with Gasteiger partial charge in [0.2, 0.25) is 0 Å². The molecule has 0 bridgehead atoms. The molecule has 0 amide bonds. The fourth-order valence-corrected chi connectivity index (χ4v) is 1.85. The van der Waals surface area contributed by atoms with Crippen LogP contribution in [0, 0.1) is 0 Å². The fourth-order valence-electron chi connectivity index (χ4n) is 1.85. The van der Waals surface area contributed by atoms with Gasteiger partial charge in [-0.05, 0) is 31.4 Å². The maximum Gasteiger partial charge on any atom is 0.0615 e. The number of nitrogens with zero attached hydrogens (tertiary/aromatic N) is 1. The van der Waals surface area contributed by atoms with E-state index in [2.05, 4.69) is 39.0 Å². The SMILES string of the molecule is CC/C(C)=C\C(C)=C(\c1ccccc1)N(C)N. The normalized spacial score (nSPS) is 13.4. The van der Waals surface area contributed by atoms with E-state index in [4.69, 9.17) is 5.84 Å². The minimum absolute atomic E-state index is 1.06. The Morgan fingerprint density at radius 2 is 1.82 bits per heavy atom. The molecule has 92 valence electrons. The highest BCUT2D eigenvalue weighted by Gasteiger charge is 2.06. The lowest BCUT2D eigenvalue weighted by Crippen LogP contribution is -2.25. The molecule has 0 saturated carbocycles. The zero-order valence-corrected chi connectivity index (χ0v) is 11.2. The van der Waals surface area contributed by atoms with E-state index in [1.54, 1.807) is 5.01 Å². The summed E-state index contributed by atoms with van der Waals surface area (Å²) in [5.74, 6) is 5.93. The van der Waals surface area contributed by atoms with Crippen LogP contribution >= 0.6 is 0 Å². The summed E-state index contributed by atoms with van der Waals surface area (Å²) in [5, 5.41) is 1.68. The average molecular weight is 230 g/mol. The van der Waals surface area contributed by atoms with Crippen LogP contribution in [0.2, 0.25) is 0 Å². The molecule has 0 saturated heterocycles. The second-order valence-electron chi connectivity index (χ2n) is 4.35. The molecule has 0 atom stereocenters. The molecule has 1 aromatic rings. The molecule has 2 N–H and O–H groups in total. The smallest absolute Gasteiger partial charge is 0.0615 e. The lowest BCUT2D eigenvalue weighted by molar-refractivity contribution is 0.508. The summed E-state index contributed by atoms with van der Waals surface area (Å²) < 4.78 is 0. The predicted octanol–water partition coefficient (Wildman–Crippen LogP) is 3.58. The van der Waals surface area contributed by atoms with Crippen molar-refractivity contribution in [1.82, 2.24) is 5.01 Å². The van der Waals surface area contributed by atoms with Gasteiger partial charge in [0.25, 0.3) is 0 Å². The van der Waals surface area contributed by atoms with Crippen molar-refractivity contribution in [3.8, 4) is 0 Å². The van der Waals surface area contributed by atoms with Gasteiger partial charge in [0.15, 0.2) is 0 Å². The third-order valence-corrected chi connectivity index (χ3v) is 2.79. The molecule has 1 aromatic carbocycles. The Balaban J connectivity index is 3.22. The number of rotatable bonds is 4. The van der Waals surface area contributed by atoms with E-state index in [0.717, 1.165) is 17.7 Å². The van der Waals surface area contributed by atoms with Crippen molar-refractivity contribution in [1.29, 1.82) is 0 Å². The first-order valence-corrected chi connectivity index (χ1v) is 5.98. The third-order valence-electron chi connectivity index (χ3n) is 2.79. The van der Waals surface area contributed by atoms with Gasteiger partial charge in [-0.1, -0.05) is 48.9 Å². The molecule has 0 spiro atoms. The number of benzene rings is 1. The molecular formula is C15H22N2. The molecule has 0 fully saturated rings. The second-order valence-corrected chi connectivity index (χ2v) is 4.35. The topological polar surface area (TPSA) is 29.3 Å². The minimum atomic E-state index is 1.06. The molecule has 0 aromatic heterocycles. The highest BCUT2D eigenvalue weighted by Crippen LogP contribution is 2.21. The number of hydrazine groups is 1. The van der Waals surface area contributed by atoms with Crippen molar-refractivity contribution in [2.24, 2.45) is 5.84 Å². The molecular weight excluding hydrogens is 208 g/mol. The summed E-state index contributed by atoms with van der Waals surface area (Å²) in [6, 6.07) is 10.2. The zero-order chi connectivity index (χ0) is 12.8. The first-order valence-electron chi connectivity index (χ1n) is 5.98. The Hall–Kier alpha value is -1.54. The Kier molecular flexibility index (Phi) is 4.98. The van der Waals surface area contributed by atoms with E-state index in [1.165, 1.54) is 11.1 Å². The Morgan fingerprint density at radius 3 is 2.29 bits per heavy atom. The summed E-state index contributed by atoms with van der Waals surface area (Å²) in [4.78, 5) is 0. The van der Waals surface area contributed by atoms with Crippen LogP contribution in [-0.4, -0.2) is 12.1 Å². The monoisotopic (exact) mass is 230 g/mol. The molecule has 0 aliphatic carbocycles. The van der Waals surface area contributed by atoms with Crippen molar-refractivity contribution < 1.29 is 0 Å². The molecule has 2 heteroatoms. The van der Waals surface area contributed by atoms with Crippen molar-refractivity contribution in [3.05, 3.63) is 53.1 Å². The van der Waals surface area contributed by atoms with Gasteiger partial charge >= 0.3 is 0 Å². The Bertz CT molecular complexity index is 414. The third kappa shape index (κ3) is 3.75. The van der Waals surface area contributed by atoms with E-state index >= 15 is 0 Å². The number of hydrogen-bond donors (Lipinski definition) is 1. The quantitative estimate of drug-likeness (QED) is 0.486. The average Bonchev–Trinajstić information content (AvgIpc) is 2.29. The molecule has 0 heterocycles. The van der Waals surface area contributed by atoms with Crippen LogP contribution in [0.15, 0.2) is 47.6 Å². The Morgan fingerprint density at radius 1 is 1.24 bits per heavy atom. The van der Waals surface area contributed by atoms with Gasteiger partial charge in [0.1, 0.15) is 0 Å². The highest BCUT2D eigenvalue weighted by molar-refractivity contribution is 5.68. The first-order chi connectivity index (χ1) is 8.06. The maximum atomic E-state index is 5.93. The van der Waals surface area contributed by atoms with Gasteiger partial charge in [-0.25, -0.2) is 5.84 Å². The largest absolute Gasteiger partial charge is 0.313 e. The van der Waals surface area contributed by atoms with Crippen molar-refractivity contribution >= 4 is 5.70 Å². The maximum absolute atomic E-state index is 5.93. The molecule has 1 rings (SSSR count). The minimum Gasteiger partial charge on any atom is -0.313 e. The molecule has 17 heavy (non-hydrogen) atoms. The Labute approximate surface area is 104 Å². The van der Waals surface area contributed by atoms with Gasteiger partial charge in [-0.2, -0.15) is 0 Å².